The minimum absolute atomic E-state index is 0.343. The molecule has 0 aromatic carbocycles. The van der Waals surface area contributed by atoms with Crippen molar-refractivity contribution in [2.75, 3.05) is 11.5 Å². The smallest absolute Gasteiger partial charge is 0.205 e. The Kier molecular flexibility index (Phi) is 2.59. The first-order valence-corrected chi connectivity index (χ1v) is 6.74. The highest BCUT2D eigenvalue weighted by atomic mass is 32.1. The van der Waals surface area contributed by atoms with E-state index >= 15 is 0 Å². The van der Waals surface area contributed by atoms with Crippen molar-refractivity contribution in [2.45, 2.75) is 44.7 Å². The molecule has 2 aliphatic rings. The zero-order chi connectivity index (χ0) is 11.1. The summed E-state index contributed by atoms with van der Waals surface area (Å²) in [6, 6.07) is 1.17. The first-order chi connectivity index (χ1) is 7.78. The number of aryl methyl sites for hydroxylation is 1. The second-order valence-electron chi connectivity index (χ2n) is 4.94. The molecule has 2 saturated heterocycles. The van der Waals surface area contributed by atoms with E-state index in [-0.39, 0.29) is 0 Å². The van der Waals surface area contributed by atoms with Crippen LogP contribution in [0.15, 0.2) is 0 Å². The number of hydrogen-bond donors (Lipinski definition) is 1. The molecule has 1 aromatic rings. The topological polar surface area (TPSA) is 49.2 Å². The van der Waals surface area contributed by atoms with Crippen molar-refractivity contribution < 1.29 is 5.11 Å². The molecule has 1 N–H and O–H groups in total. The molecule has 3 atom stereocenters. The Hall–Kier alpha value is -0.680. The van der Waals surface area contributed by atoms with Gasteiger partial charge in [0.1, 0.15) is 5.82 Å². The van der Waals surface area contributed by atoms with Crippen molar-refractivity contribution >= 4 is 16.7 Å². The van der Waals surface area contributed by atoms with Gasteiger partial charge in [0.15, 0.2) is 0 Å². The lowest BCUT2D eigenvalue weighted by atomic mass is 9.92. The number of anilines is 1. The minimum atomic E-state index is 0.343. The van der Waals surface area contributed by atoms with Gasteiger partial charge in [0.2, 0.25) is 5.13 Å². The maximum Gasteiger partial charge on any atom is 0.205 e. The van der Waals surface area contributed by atoms with Crippen LogP contribution in [0.5, 0.6) is 0 Å². The predicted molar refractivity (Wildman–Crippen MR) is 63.7 cm³/mol. The van der Waals surface area contributed by atoms with Crippen molar-refractivity contribution in [3.8, 4) is 0 Å². The summed E-state index contributed by atoms with van der Waals surface area (Å²) in [5.41, 5.74) is 0. The summed E-state index contributed by atoms with van der Waals surface area (Å²) in [7, 11) is 0. The van der Waals surface area contributed by atoms with Crippen LogP contribution < -0.4 is 4.90 Å². The van der Waals surface area contributed by atoms with E-state index in [0.717, 1.165) is 23.8 Å². The largest absolute Gasteiger partial charge is 0.396 e. The maximum atomic E-state index is 9.27. The van der Waals surface area contributed by atoms with Crippen molar-refractivity contribution in [3.63, 3.8) is 0 Å². The predicted octanol–water partition coefficient (Wildman–Crippen LogP) is 1.59. The summed E-state index contributed by atoms with van der Waals surface area (Å²) in [5, 5.41) is 10.4. The van der Waals surface area contributed by atoms with E-state index in [4.69, 9.17) is 0 Å². The molecule has 0 radical (unpaired) electrons. The van der Waals surface area contributed by atoms with Gasteiger partial charge in [-0.05, 0) is 38.5 Å². The molecule has 16 heavy (non-hydrogen) atoms. The van der Waals surface area contributed by atoms with E-state index in [2.05, 4.69) is 14.3 Å². The first kappa shape index (κ1) is 10.5. The number of piperidine rings is 1. The van der Waals surface area contributed by atoms with Gasteiger partial charge < -0.3 is 10.0 Å². The lowest BCUT2D eigenvalue weighted by molar-refractivity contribution is 0.186. The van der Waals surface area contributed by atoms with E-state index in [1.54, 1.807) is 0 Å². The Morgan fingerprint density at radius 2 is 2.06 bits per heavy atom. The highest BCUT2D eigenvalue weighted by Crippen LogP contribution is 2.41. The molecule has 4 nitrogen and oxygen atoms in total. The third-order valence-corrected chi connectivity index (χ3v) is 4.65. The SMILES string of the molecule is Cc1nsc(N2[C@@H]3CC[C@H]2CC(CO)C3)n1. The fraction of sp³-hybridized carbons (Fsp3) is 0.818. The van der Waals surface area contributed by atoms with Gasteiger partial charge in [-0.15, -0.1) is 0 Å². The van der Waals surface area contributed by atoms with Crippen molar-refractivity contribution in [1.82, 2.24) is 9.36 Å². The molecular weight excluding hydrogens is 222 g/mol. The number of aliphatic hydroxyl groups excluding tert-OH is 1. The van der Waals surface area contributed by atoms with Gasteiger partial charge >= 0.3 is 0 Å². The molecule has 5 heteroatoms. The third kappa shape index (κ3) is 1.62. The second-order valence-corrected chi connectivity index (χ2v) is 5.67. The molecule has 0 spiro atoms. The van der Waals surface area contributed by atoms with Crippen LogP contribution in [0.3, 0.4) is 0 Å². The Bertz CT molecular complexity index is 367. The molecule has 3 heterocycles. The zero-order valence-electron chi connectivity index (χ0n) is 9.46. The Morgan fingerprint density at radius 3 is 2.56 bits per heavy atom. The van der Waals surface area contributed by atoms with E-state index < -0.39 is 0 Å². The van der Waals surface area contributed by atoms with Crippen LogP contribution >= 0.6 is 11.5 Å². The Labute approximate surface area is 99.5 Å². The summed E-state index contributed by atoms with van der Waals surface area (Å²) in [5.74, 6) is 1.38. The summed E-state index contributed by atoms with van der Waals surface area (Å²) in [6.45, 7) is 2.29. The van der Waals surface area contributed by atoms with E-state index in [0.29, 0.717) is 24.6 Å². The van der Waals surface area contributed by atoms with E-state index in [1.807, 2.05) is 6.92 Å². The standard InChI is InChI=1S/C11H17N3OS/c1-7-12-11(16-13-7)14-9-2-3-10(14)5-8(4-9)6-15/h8-10,15H,2-6H2,1H3/t8?,9-,10+. The maximum absolute atomic E-state index is 9.27. The van der Waals surface area contributed by atoms with Crippen molar-refractivity contribution in [2.24, 2.45) is 5.92 Å². The summed E-state index contributed by atoms with van der Waals surface area (Å²) < 4.78 is 4.27. The van der Waals surface area contributed by atoms with Gasteiger partial charge in [0.25, 0.3) is 0 Å². The van der Waals surface area contributed by atoms with Gasteiger partial charge in [-0.25, -0.2) is 4.98 Å². The number of fused-ring (bicyclic) bond motifs is 2. The van der Waals surface area contributed by atoms with Gasteiger partial charge in [-0.2, -0.15) is 4.37 Å². The third-order valence-electron chi connectivity index (χ3n) is 3.83. The summed E-state index contributed by atoms with van der Waals surface area (Å²) in [6.07, 6.45) is 4.73. The Balaban J connectivity index is 1.83. The highest BCUT2D eigenvalue weighted by molar-refractivity contribution is 7.09. The van der Waals surface area contributed by atoms with E-state index in [9.17, 15) is 5.11 Å². The quantitative estimate of drug-likeness (QED) is 0.851. The molecule has 3 rings (SSSR count). The normalized spacial score (nSPS) is 33.4. The average molecular weight is 239 g/mol. The number of rotatable bonds is 2. The number of nitrogens with zero attached hydrogens (tertiary/aromatic N) is 3. The number of aliphatic hydroxyl groups is 1. The lowest BCUT2D eigenvalue weighted by Crippen LogP contribution is -2.43. The first-order valence-electron chi connectivity index (χ1n) is 5.97. The van der Waals surface area contributed by atoms with Crippen LogP contribution in [0, 0.1) is 12.8 Å². The van der Waals surface area contributed by atoms with Crippen molar-refractivity contribution in [1.29, 1.82) is 0 Å². The van der Waals surface area contributed by atoms with Crippen molar-refractivity contribution in [3.05, 3.63) is 5.82 Å². The van der Waals surface area contributed by atoms with Crippen LogP contribution in [0.2, 0.25) is 0 Å². The number of hydrogen-bond acceptors (Lipinski definition) is 5. The summed E-state index contributed by atoms with van der Waals surface area (Å²) in [4.78, 5) is 6.95. The monoisotopic (exact) mass is 239 g/mol. The molecule has 2 aliphatic heterocycles. The summed E-state index contributed by atoms with van der Waals surface area (Å²) >= 11 is 1.51. The molecule has 2 fully saturated rings. The molecular formula is C11H17N3OS. The molecule has 0 saturated carbocycles. The second kappa shape index (κ2) is 3.96. The van der Waals surface area contributed by atoms with Crippen LogP contribution in [-0.2, 0) is 0 Å². The van der Waals surface area contributed by atoms with Crippen LogP contribution in [-0.4, -0.2) is 33.2 Å². The van der Waals surface area contributed by atoms with Gasteiger partial charge in [-0.3, -0.25) is 0 Å². The van der Waals surface area contributed by atoms with Gasteiger partial charge in [0, 0.05) is 30.2 Å². The molecule has 1 aromatic heterocycles. The van der Waals surface area contributed by atoms with Gasteiger partial charge in [-0.1, -0.05) is 0 Å². The average Bonchev–Trinajstić information content (AvgIpc) is 2.80. The fourth-order valence-electron chi connectivity index (χ4n) is 3.14. The molecule has 88 valence electrons. The molecule has 0 amide bonds. The fourth-order valence-corrected chi connectivity index (χ4v) is 3.96. The lowest BCUT2D eigenvalue weighted by Gasteiger charge is -2.38. The van der Waals surface area contributed by atoms with Crippen LogP contribution in [0.4, 0.5) is 5.13 Å². The van der Waals surface area contributed by atoms with Gasteiger partial charge in [0.05, 0.1) is 0 Å². The minimum Gasteiger partial charge on any atom is -0.396 e. The Morgan fingerprint density at radius 1 is 1.38 bits per heavy atom. The molecule has 0 aliphatic carbocycles. The van der Waals surface area contributed by atoms with Crippen LogP contribution in [0.25, 0.3) is 0 Å². The van der Waals surface area contributed by atoms with E-state index in [1.165, 1.54) is 24.4 Å². The zero-order valence-corrected chi connectivity index (χ0v) is 10.3. The highest BCUT2D eigenvalue weighted by Gasteiger charge is 2.41. The molecule has 1 unspecified atom stereocenters. The number of aromatic nitrogens is 2. The molecule has 2 bridgehead atoms. The van der Waals surface area contributed by atoms with Crippen LogP contribution in [0.1, 0.15) is 31.5 Å².